The molecule has 3 nitrogen and oxygen atoms in total. The number of nitrogen functional groups attached to an aromatic ring is 1. The number of nitriles is 1. The number of nitrogens with two attached hydrogens (primary N) is 1. The summed E-state index contributed by atoms with van der Waals surface area (Å²) in [5, 5.41) is 9.42. The molecule has 108 valence electrons. The van der Waals surface area contributed by atoms with Crippen molar-refractivity contribution in [1.82, 2.24) is 4.57 Å². The lowest BCUT2D eigenvalue weighted by molar-refractivity contribution is 0.710. The molecule has 0 aliphatic rings. The first-order valence-corrected chi connectivity index (χ1v) is 7.27. The predicted molar refractivity (Wildman–Crippen MR) is 89.1 cm³/mol. The second-order valence-corrected chi connectivity index (χ2v) is 5.21. The van der Waals surface area contributed by atoms with Crippen molar-refractivity contribution in [2.45, 2.75) is 13.0 Å². The number of hydrogen-bond donors (Lipinski definition) is 1. The molecule has 3 rings (SSSR count). The fourth-order valence-corrected chi connectivity index (χ4v) is 2.60. The van der Waals surface area contributed by atoms with Crippen LogP contribution in [-0.4, -0.2) is 4.57 Å². The lowest BCUT2D eigenvalue weighted by Crippen LogP contribution is -2.04. The normalized spacial score (nSPS) is 10.3. The maximum absolute atomic E-state index is 9.42. The minimum atomic E-state index is 0.539. The highest BCUT2D eigenvalue weighted by Crippen LogP contribution is 2.29. The van der Waals surface area contributed by atoms with Crippen molar-refractivity contribution in [2.24, 2.45) is 0 Å². The predicted octanol–water partition coefficient (Wildman–Crippen LogP) is 3.85. The quantitative estimate of drug-likeness (QED) is 0.792. The monoisotopic (exact) mass is 287 g/mol. The molecule has 0 aliphatic carbocycles. The van der Waals surface area contributed by atoms with Gasteiger partial charge in [-0.1, -0.05) is 60.7 Å². The van der Waals surface area contributed by atoms with Gasteiger partial charge in [0.25, 0.3) is 0 Å². The Hall–Kier alpha value is -2.99. The number of hydrogen-bond acceptors (Lipinski definition) is 2. The third-order valence-corrected chi connectivity index (χ3v) is 3.80. The fourth-order valence-electron chi connectivity index (χ4n) is 2.60. The van der Waals surface area contributed by atoms with Crippen LogP contribution < -0.4 is 5.73 Å². The molecule has 1 aromatic heterocycles. The molecule has 2 N–H and O–H groups in total. The van der Waals surface area contributed by atoms with Gasteiger partial charge < -0.3 is 10.3 Å². The van der Waals surface area contributed by atoms with Crippen molar-refractivity contribution in [3.63, 3.8) is 0 Å². The molecule has 3 aromatic rings. The Bertz CT molecular complexity index is 796. The van der Waals surface area contributed by atoms with Gasteiger partial charge in [-0.05, 0) is 17.5 Å². The summed E-state index contributed by atoms with van der Waals surface area (Å²) in [6.07, 6.45) is 2.87. The van der Waals surface area contributed by atoms with E-state index in [0.717, 1.165) is 24.1 Å². The first-order valence-electron chi connectivity index (χ1n) is 7.27. The van der Waals surface area contributed by atoms with Crippen molar-refractivity contribution in [3.05, 3.63) is 78.0 Å². The Labute approximate surface area is 130 Å². The van der Waals surface area contributed by atoms with Gasteiger partial charge in [0.1, 0.15) is 17.5 Å². The van der Waals surface area contributed by atoms with Crippen LogP contribution in [-0.2, 0) is 13.0 Å². The average molecular weight is 287 g/mol. The summed E-state index contributed by atoms with van der Waals surface area (Å²) in [5.41, 5.74) is 9.89. The maximum Gasteiger partial charge on any atom is 0.122 e. The summed E-state index contributed by atoms with van der Waals surface area (Å²) >= 11 is 0. The number of rotatable bonds is 4. The van der Waals surface area contributed by atoms with E-state index in [1.54, 1.807) is 0 Å². The van der Waals surface area contributed by atoms with Gasteiger partial charge in [0.15, 0.2) is 0 Å². The first kappa shape index (κ1) is 14.0. The van der Waals surface area contributed by atoms with Gasteiger partial charge in [-0.3, -0.25) is 0 Å². The van der Waals surface area contributed by atoms with Gasteiger partial charge in [0.2, 0.25) is 0 Å². The van der Waals surface area contributed by atoms with E-state index in [2.05, 4.69) is 18.2 Å². The van der Waals surface area contributed by atoms with E-state index >= 15 is 0 Å². The van der Waals surface area contributed by atoms with Gasteiger partial charge in [-0.2, -0.15) is 5.26 Å². The fraction of sp³-hybridized carbons (Fsp3) is 0.105. The summed E-state index contributed by atoms with van der Waals surface area (Å²) in [6.45, 7) is 0.761. The number of benzene rings is 2. The molecular formula is C19H17N3. The Morgan fingerprint density at radius 1 is 0.955 bits per heavy atom. The smallest absolute Gasteiger partial charge is 0.122 e. The van der Waals surface area contributed by atoms with Crippen LogP contribution in [0.15, 0.2) is 66.9 Å². The van der Waals surface area contributed by atoms with E-state index in [1.807, 2.05) is 59.3 Å². The van der Waals surface area contributed by atoms with E-state index in [9.17, 15) is 5.26 Å². The van der Waals surface area contributed by atoms with E-state index in [4.69, 9.17) is 5.73 Å². The number of nitrogens with zero attached hydrogens (tertiary/aromatic N) is 2. The van der Waals surface area contributed by atoms with Gasteiger partial charge in [-0.15, -0.1) is 0 Å². The SMILES string of the molecule is N#Cc1c(-c2ccccc2)cn(CCc2ccccc2)c1N. The van der Waals surface area contributed by atoms with E-state index in [-0.39, 0.29) is 0 Å². The maximum atomic E-state index is 9.42. The second kappa shape index (κ2) is 6.19. The summed E-state index contributed by atoms with van der Waals surface area (Å²) < 4.78 is 1.97. The molecule has 0 atom stereocenters. The van der Waals surface area contributed by atoms with Crippen molar-refractivity contribution >= 4 is 5.82 Å². The second-order valence-electron chi connectivity index (χ2n) is 5.21. The molecule has 3 heteroatoms. The zero-order valence-electron chi connectivity index (χ0n) is 12.2. The van der Waals surface area contributed by atoms with Crippen molar-refractivity contribution in [1.29, 1.82) is 5.26 Å². The van der Waals surface area contributed by atoms with Crippen molar-refractivity contribution in [3.8, 4) is 17.2 Å². The van der Waals surface area contributed by atoms with Crippen molar-refractivity contribution in [2.75, 3.05) is 5.73 Å². The number of aryl methyl sites for hydroxylation is 2. The van der Waals surface area contributed by atoms with Crippen LogP contribution >= 0.6 is 0 Å². The molecule has 22 heavy (non-hydrogen) atoms. The number of aromatic nitrogens is 1. The van der Waals surface area contributed by atoms with Gasteiger partial charge in [0.05, 0.1) is 0 Å². The molecule has 0 saturated heterocycles. The lowest BCUT2D eigenvalue weighted by Gasteiger charge is -2.05. The molecule has 0 radical (unpaired) electrons. The van der Waals surface area contributed by atoms with Crippen LogP contribution in [0.2, 0.25) is 0 Å². The topological polar surface area (TPSA) is 54.7 Å². The van der Waals surface area contributed by atoms with Crippen LogP contribution in [0.3, 0.4) is 0 Å². The van der Waals surface area contributed by atoms with E-state index in [0.29, 0.717) is 11.4 Å². The summed E-state index contributed by atoms with van der Waals surface area (Å²) in [7, 11) is 0. The molecule has 0 aliphatic heterocycles. The van der Waals surface area contributed by atoms with Crippen LogP contribution in [0.4, 0.5) is 5.82 Å². The largest absolute Gasteiger partial charge is 0.384 e. The summed E-state index contributed by atoms with van der Waals surface area (Å²) in [6, 6.07) is 22.4. The highest BCUT2D eigenvalue weighted by molar-refractivity contribution is 5.76. The Balaban J connectivity index is 1.90. The Kier molecular flexibility index (Phi) is 3.93. The third kappa shape index (κ3) is 2.72. The number of anilines is 1. The summed E-state index contributed by atoms with van der Waals surface area (Å²) in [4.78, 5) is 0. The molecular weight excluding hydrogens is 270 g/mol. The minimum Gasteiger partial charge on any atom is -0.384 e. The average Bonchev–Trinajstić information content (AvgIpc) is 2.90. The van der Waals surface area contributed by atoms with Crippen LogP contribution in [0.5, 0.6) is 0 Å². The van der Waals surface area contributed by atoms with Gasteiger partial charge >= 0.3 is 0 Å². The molecule has 2 aromatic carbocycles. The van der Waals surface area contributed by atoms with Crippen LogP contribution in [0.1, 0.15) is 11.1 Å². The zero-order chi connectivity index (χ0) is 15.4. The standard InChI is InChI=1S/C19H17N3/c20-13-17-18(16-9-5-2-6-10-16)14-22(19(17)21)12-11-15-7-3-1-4-8-15/h1-10,14H,11-12,21H2. The van der Waals surface area contributed by atoms with Crippen molar-refractivity contribution < 1.29 is 0 Å². The third-order valence-electron chi connectivity index (χ3n) is 3.80. The Morgan fingerprint density at radius 3 is 2.23 bits per heavy atom. The first-order chi connectivity index (χ1) is 10.8. The van der Waals surface area contributed by atoms with E-state index in [1.165, 1.54) is 5.56 Å². The molecule has 0 unspecified atom stereocenters. The lowest BCUT2D eigenvalue weighted by atomic mass is 10.1. The van der Waals surface area contributed by atoms with Gasteiger partial charge in [0, 0.05) is 18.3 Å². The highest BCUT2D eigenvalue weighted by atomic mass is 15.0. The molecule has 1 heterocycles. The minimum absolute atomic E-state index is 0.539. The highest BCUT2D eigenvalue weighted by Gasteiger charge is 2.14. The molecule has 0 bridgehead atoms. The van der Waals surface area contributed by atoms with E-state index < -0.39 is 0 Å². The van der Waals surface area contributed by atoms with Crippen LogP contribution in [0, 0.1) is 11.3 Å². The molecule has 0 spiro atoms. The molecule has 0 saturated carbocycles. The molecule has 0 fully saturated rings. The molecule has 0 amide bonds. The van der Waals surface area contributed by atoms with Gasteiger partial charge in [-0.25, -0.2) is 0 Å². The Morgan fingerprint density at radius 2 is 1.59 bits per heavy atom. The summed E-state index contributed by atoms with van der Waals surface area (Å²) in [5.74, 6) is 0.539. The van der Waals surface area contributed by atoms with Crippen LogP contribution in [0.25, 0.3) is 11.1 Å². The zero-order valence-corrected chi connectivity index (χ0v) is 12.2.